The zero-order valence-corrected chi connectivity index (χ0v) is 11.8. The van der Waals surface area contributed by atoms with Crippen molar-refractivity contribution in [1.29, 1.82) is 0 Å². The molecule has 0 radical (unpaired) electrons. The lowest BCUT2D eigenvalue weighted by Crippen LogP contribution is -2.56. The van der Waals surface area contributed by atoms with Crippen LogP contribution in [0, 0.1) is 0 Å². The largest absolute Gasteiger partial charge is 0.435 e. The van der Waals surface area contributed by atoms with Gasteiger partial charge in [0, 0.05) is 6.54 Å². The lowest BCUT2D eigenvalue weighted by atomic mass is 9.81. The monoisotopic (exact) mass is 298 g/mol. The number of ether oxygens (including phenoxy) is 1. The van der Waals surface area contributed by atoms with Crippen molar-refractivity contribution in [3.05, 3.63) is 29.8 Å². The molecule has 116 valence electrons. The quantitative estimate of drug-likeness (QED) is 0.848. The van der Waals surface area contributed by atoms with Gasteiger partial charge >= 0.3 is 6.61 Å². The van der Waals surface area contributed by atoms with E-state index in [2.05, 4.69) is 10.1 Å². The number of nitrogens with one attached hydrogen (secondary N) is 1. The van der Waals surface area contributed by atoms with E-state index in [0.717, 1.165) is 37.7 Å². The summed E-state index contributed by atoms with van der Waals surface area (Å²) in [4.78, 5) is 11.7. The molecule has 1 saturated carbocycles. The van der Waals surface area contributed by atoms with Crippen LogP contribution in [0.25, 0.3) is 0 Å². The highest BCUT2D eigenvalue weighted by molar-refractivity contribution is 5.84. The summed E-state index contributed by atoms with van der Waals surface area (Å²) in [5, 5.41) is 3.25. The van der Waals surface area contributed by atoms with Crippen molar-refractivity contribution < 1.29 is 18.3 Å². The molecule has 1 aromatic carbocycles. The van der Waals surface area contributed by atoms with Gasteiger partial charge in [0.05, 0.1) is 5.54 Å². The molecule has 0 heterocycles. The maximum absolute atomic E-state index is 12.1. The molecule has 0 atom stereocenters. The standard InChI is InChI=1S/C15H20F2N2O2/c16-14(17)21-12-6-4-11(5-7-12)10-19-15(13(18)20)8-2-1-3-9-15/h4-7,14,19H,1-3,8-10H2,(H2,18,20). The van der Waals surface area contributed by atoms with Gasteiger partial charge in [-0.05, 0) is 30.5 Å². The third-order valence-electron chi connectivity index (χ3n) is 3.96. The van der Waals surface area contributed by atoms with Crippen molar-refractivity contribution in [2.45, 2.75) is 50.8 Å². The van der Waals surface area contributed by atoms with Gasteiger partial charge in [-0.3, -0.25) is 10.1 Å². The number of rotatable bonds is 6. The Morgan fingerprint density at radius 3 is 2.38 bits per heavy atom. The molecule has 1 aliphatic carbocycles. The fourth-order valence-electron chi connectivity index (χ4n) is 2.73. The summed E-state index contributed by atoms with van der Waals surface area (Å²) < 4.78 is 28.4. The number of primary amides is 1. The normalized spacial score (nSPS) is 17.7. The lowest BCUT2D eigenvalue weighted by Gasteiger charge is -2.35. The van der Waals surface area contributed by atoms with Gasteiger partial charge < -0.3 is 10.5 Å². The van der Waals surface area contributed by atoms with Crippen LogP contribution in [-0.2, 0) is 11.3 Å². The molecule has 1 amide bonds. The zero-order valence-electron chi connectivity index (χ0n) is 11.8. The number of hydrogen-bond donors (Lipinski definition) is 2. The number of amides is 1. The first kappa shape index (κ1) is 15.7. The predicted molar refractivity (Wildman–Crippen MR) is 74.9 cm³/mol. The van der Waals surface area contributed by atoms with Crippen molar-refractivity contribution in [3.63, 3.8) is 0 Å². The maximum atomic E-state index is 12.1. The molecular formula is C15H20F2N2O2. The van der Waals surface area contributed by atoms with E-state index in [1.807, 2.05) is 0 Å². The highest BCUT2D eigenvalue weighted by Crippen LogP contribution is 2.28. The van der Waals surface area contributed by atoms with E-state index in [-0.39, 0.29) is 11.7 Å². The number of alkyl halides is 2. The Labute approximate surface area is 122 Å². The summed E-state index contributed by atoms with van der Waals surface area (Å²) in [6.07, 6.45) is 4.58. The Morgan fingerprint density at radius 1 is 1.24 bits per heavy atom. The van der Waals surface area contributed by atoms with Gasteiger partial charge in [0.1, 0.15) is 5.75 Å². The second kappa shape index (κ2) is 6.85. The van der Waals surface area contributed by atoms with Crippen LogP contribution in [0.1, 0.15) is 37.7 Å². The first-order chi connectivity index (χ1) is 10.0. The van der Waals surface area contributed by atoms with Crippen LogP contribution < -0.4 is 15.8 Å². The first-order valence-electron chi connectivity index (χ1n) is 7.10. The number of halogens is 2. The number of carbonyl (C=O) groups excluding carboxylic acids is 1. The summed E-state index contributed by atoms with van der Waals surface area (Å²) in [5.74, 6) is -0.198. The average molecular weight is 298 g/mol. The van der Waals surface area contributed by atoms with Gasteiger partial charge in [-0.25, -0.2) is 0 Å². The van der Waals surface area contributed by atoms with Crippen molar-refractivity contribution in [3.8, 4) is 5.75 Å². The topological polar surface area (TPSA) is 64.4 Å². The van der Waals surface area contributed by atoms with Crippen molar-refractivity contribution in [2.24, 2.45) is 5.73 Å². The van der Waals surface area contributed by atoms with Crippen molar-refractivity contribution in [2.75, 3.05) is 0 Å². The average Bonchev–Trinajstić information content (AvgIpc) is 2.47. The third-order valence-corrected chi connectivity index (χ3v) is 3.96. The molecule has 2 rings (SSSR count). The van der Waals surface area contributed by atoms with Crippen LogP contribution in [0.2, 0.25) is 0 Å². The molecule has 1 aromatic rings. The van der Waals surface area contributed by atoms with Crippen LogP contribution in [-0.4, -0.2) is 18.1 Å². The SMILES string of the molecule is NC(=O)C1(NCc2ccc(OC(F)F)cc2)CCCCC1. The predicted octanol–water partition coefficient (Wildman–Crippen LogP) is 2.57. The Balaban J connectivity index is 1.96. The van der Waals surface area contributed by atoms with Gasteiger partial charge in [-0.2, -0.15) is 8.78 Å². The smallest absolute Gasteiger partial charge is 0.387 e. The highest BCUT2D eigenvalue weighted by Gasteiger charge is 2.37. The van der Waals surface area contributed by atoms with Crippen LogP contribution in [0.15, 0.2) is 24.3 Å². The zero-order chi connectivity index (χ0) is 15.3. The van der Waals surface area contributed by atoms with E-state index in [1.165, 1.54) is 12.1 Å². The maximum Gasteiger partial charge on any atom is 0.387 e. The third kappa shape index (κ3) is 4.14. The first-order valence-corrected chi connectivity index (χ1v) is 7.10. The minimum atomic E-state index is -2.82. The van der Waals surface area contributed by atoms with Crippen molar-refractivity contribution in [1.82, 2.24) is 5.32 Å². The Hall–Kier alpha value is -1.69. The second-order valence-corrected chi connectivity index (χ2v) is 5.38. The molecule has 6 heteroatoms. The Bertz CT molecular complexity index is 471. The summed E-state index contributed by atoms with van der Waals surface area (Å²) in [6.45, 7) is -2.35. The minimum Gasteiger partial charge on any atom is -0.435 e. The molecule has 1 fully saturated rings. The minimum absolute atomic E-state index is 0.121. The lowest BCUT2D eigenvalue weighted by molar-refractivity contribution is -0.125. The molecule has 3 N–H and O–H groups in total. The molecule has 0 unspecified atom stereocenters. The van der Waals surface area contributed by atoms with Crippen LogP contribution in [0.3, 0.4) is 0 Å². The molecule has 1 aliphatic rings. The van der Waals surface area contributed by atoms with Gasteiger partial charge in [0.15, 0.2) is 0 Å². The molecule has 21 heavy (non-hydrogen) atoms. The fourth-order valence-corrected chi connectivity index (χ4v) is 2.73. The van der Waals surface area contributed by atoms with Crippen LogP contribution in [0.4, 0.5) is 8.78 Å². The summed E-state index contributed by atoms with van der Waals surface area (Å²) >= 11 is 0. The number of hydrogen-bond acceptors (Lipinski definition) is 3. The molecule has 0 spiro atoms. The molecule has 0 saturated heterocycles. The van der Waals surface area contributed by atoms with Crippen molar-refractivity contribution >= 4 is 5.91 Å². The molecule has 0 aliphatic heterocycles. The number of benzene rings is 1. The van der Waals surface area contributed by atoms with Gasteiger partial charge in [-0.1, -0.05) is 31.4 Å². The molecule has 0 aromatic heterocycles. The van der Waals surface area contributed by atoms with E-state index in [1.54, 1.807) is 12.1 Å². The summed E-state index contributed by atoms with van der Waals surface area (Å²) in [6, 6.07) is 6.37. The van der Waals surface area contributed by atoms with Gasteiger partial charge in [0.25, 0.3) is 0 Å². The second-order valence-electron chi connectivity index (χ2n) is 5.38. The number of nitrogens with two attached hydrogens (primary N) is 1. The highest BCUT2D eigenvalue weighted by atomic mass is 19.3. The summed E-state index contributed by atoms with van der Waals surface area (Å²) in [5.41, 5.74) is 5.79. The summed E-state index contributed by atoms with van der Waals surface area (Å²) in [7, 11) is 0. The molecule has 0 bridgehead atoms. The van der Waals surface area contributed by atoms with Gasteiger partial charge in [-0.15, -0.1) is 0 Å². The van der Waals surface area contributed by atoms with E-state index < -0.39 is 12.2 Å². The fraction of sp³-hybridized carbons (Fsp3) is 0.533. The van der Waals surface area contributed by atoms with Crippen LogP contribution >= 0.6 is 0 Å². The van der Waals surface area contributed by atoms with Gasteiger partial charge in [0.2, 0.25) is 5.91 Å². The number of carbonyl (C=O) groups is 1. The Kier molecular flexibility index (Phi) is 5.12. The van der Waals surface area contributed by atoms with E-state index in [9.17, 15) is 13.6 Å². The molecular weight excluding hydrogens is 278 g/mol. The van der Waals surface area contributed by atoms with E-state index >= 15 is 0 Å². The van der Waals surface area contributed by atoms with Crippen LogP contribution in [0.5, 0.6) is 5.75 Å². The van der Waals surface area contributed by atoms with E-state index in [0.29, 0.717) is 6.54 Å². The molecule has 4 nitrogen and oxygen atoms in total. The van der Waals surface area contributed by atoms with E-state index in [4.69, 9.17) is 5.73 Å². The Morgan fingerprint density at radius 2 is 1.86 bits per heavy atom.